The number of hydrogen-bond donors (Lipinski definition) is 0. The summed E-state index contributed by atoms with van der Waals surface area (Å²) in [6.45, 7) is 1.88. The van der Waals surface area contributed by atoms with Crippen molar-refractivity contribution in [1.82, 2.24) is 5.06 Å². The third kappa shape index (κ3) is 3.02. The monoisotopic (exact) mass is 383 g/mol. The number of hydroxylamine groups is 2. The van der Waals surface area contributed by atoms with Crippen LogP contribution in [0.2, 0.25) is 0 Å². The molecule has 2 aromatic rings. The van der Waals surface area contributed by atoms with Crippen LogP contribution < -0.4 is 0 Å². The number of nitrogens with zero attached hydrogens (tertiary/aromatic N) is 1. The topological polar surface area (TPSA) is 12.5 Å². The summed E-state index contributed by atoms with van der Waals surface area (Å²) in [5, 5.41) is 3.82. The van der Waals surface area contributed by atoms with Gasteiger partial charge in [0.05, 0.1) is 13.2 Å². The van der Waals surface area contributed by atoms with Gasteiger partial charge < -0.3 is 4.84 Å². The van der Waals surface area contributed by atoms with Gasteiger partial charge in [-0.25, -0.2) is 8.78 Å². The highest BCUT2D eigenvalue weighted by molar-refractivity contribution is 9.10. The van der Waals surface area contributed by atoms with E-state index in [1.807, 2.05) is 36.4 Å². The summed E-state index contributed by atoms with van der Waals surface area (Å²) in [6, 6.07) is 11.4. The molecular formula is C18H20BrF2NO. The van der Waals surface area contributed by atoms with E-state index in [1.165, 1.54) is 6.92 Å². The van der Waals surface area contributed by atoms with Gasteiger partial charge >= 0.3 is 0 Å². The second-order valence-electron chi connectivity index (χ2n) is 6.02. The smallest absolute Gasteiger partial charge is 0.109 e. The molecule has 1 aliphatic heterocycles. The SMILES string of the molecule is CON1CCC(F)C(C(C)F)C1c1ccc2ccccc2c1Br. The molecule has 1 fully saturated rings. The summed E-state index contributed by atoms with van der Waals surface area (Å²) in [4.78, 5) is 5.43. The van der Waals surface area contributed by atoms with Crippen molar-refractivity contribution in [2.45, 2.75) is 31.7 Å². The maximum atomic E-state index is 14.5. The maximum Gasteiger partial charge on any atom is 0.109 e. The van der Waals surface area contributed by atoms with E-state index in [4.69, 9.17) is 4.84 Å². The molecule has 1 saturated heterocycles. The van der Waals surface area contributed by atoms with Gasteiger partial charge in [0.1, 0.15) is 12.3 Å². The van der Waals surface area contributed by atoms with Gasteiger partial charge in [-0.05, 0) is 45.6 Å². The maximum absolute atomic E-state index is 14.5. The predicted octanol–water partition coefficient (Wildman–Crippen LogP) is 5.22. The summed E-state index contributed by atoms with van der Waals surface area (Å²) in [5.41, 5.74) is 0.863. The van der Waals surface area contributed by atoms with Crippen molar-refractivity contribution in [2.75, 3.05) is 13.7 Å². The summed E-state index contributed by atoms with van der Waals surface area (Å²) >= 11 is 3.64. The van der Waals surface area contributed by atoms with Gasteiger partial charge in [0.2, 0.25) is 0 Å². The highest BCUT2D eigenvalue weighted by Gasteiger charge is 2.43. The van der Waals surface area contributed by atoms with E-state index in [0.29, 0.717) is 6.54 Å². The van der Waals surface area contributed by atoms with Crippen LogP contribution in [0.4, 0.5) is 8.78 Å². The second kappa shape index (κ2) is 6.83. The van der Waals surface area contributed by atoms with Crippen molar-refractivity contribution >= 4 is 26.7 Å². The van der Waals surface area contributed by atoms with Crippen LogP contribution in [0.3, 0.4) is 0 Å². The fourth-order valence-corrected chi connectivity index (χ4v) is 4.28. The van der Waals surface area contributed by atoms with Gasteiger partial charge in [-0.15, -0.1) is 0 Å². The first-order valence-electron chi connectivity index (χ1n) is 7.80. The molecule has 124 valence electrons. The lowest BCUT2D eigenvalue weighted by Gasteiger charge is -2.42. The lowest BCUT2D eigenvalue weighted by Crippen LogP contribution is -2.47. The number of benzene rings is 2. The Morgan fingerprint density at radius 1 is 1.26 bits per heavy atom. The number of alkyl halides is 2. The van der Waals surface area contributed by atoms with E-state index in [2.05, 4.69) is 15.9 Å². The fourth-order valence-electron chi connectivity index (χ4n) is 3.56. The Morgan fingerprint density at radius 2 is 2.00 bits per heavy atom. The largest absolute Gasteiger partial charge is 0.302 e. The van der Waals surface area contributed by atoms with Crippen molar-refractivity contribution in [3.63, 3.8) is 0 Å². The van der Waals surface area contributed by atoms with Crippen LogP contribution in [-0.4, -0.2) is 31.1 Å². The Hall–Kier alpha value is -1.04. The summed E-state index contributed by atoms with van der Waals surface area (Å²) < 4.78 is 29.5. The molecule has 2 aromatic carbocycles. The molecule has 0 bridgehead atoms. The number of hydrogen-bond acceptors (Lipinski definition) is 2. The number of fused-ring (bicyclic) bond motifs is 1. The van der Waals surface area contributed by atoms with Crippen LogP contribution in [0.5, 0.6) is 0 Å². The molecule has 0 aromatic heterocycles. The zero-order chi connectivity index (χ0) is 16.6. The molecule has 2 nitrogen and oxygen atoms in total. The van der Waals surface area contributed by atoms with E-state index in [9.17, 15) is 8.78 Å². The predicted molar refractivity (Wildman–Crippen MR) is 91.7 cm³/mol. The number of piperidine rings is 1. The first-order valence-corrected chi connectivity index (χ1v) is 8.60. The molecular weight excluding hydrogens is 364 g/mol. The standard InChI is InChI=1S/C18H20BrF2NO/c1-11(20)16-15(21)9-10-22(23-2)18(16)14-8-7-12-5-3-4-6-13(12)17(14)19/h3-8,11,15-16,18H,9-10H2,1-2H3. The molecule has 4 unspecified atom stereocenters. The minimum Gasteiger partial charge on any atom is -0.302 e. The van der Waals surface area contributed by atoms with E-state index >= 15 is 0 Å². The fraction of sp³-hybridized carbons (Fsp3) is 0.444. The Labute approximate surface area is 143 Å². The zero-order valence-corrected chi connectivity index (χ0v) is 14.8. The molecule has 0 radical (unpaired) electrons. The van der Waals surface area contributed by atoms with E-state index in [1.54, 1.807) is 12.2 Å². The van der Waals surface area contributed by atoms with Crippen LogP contribution in [0.15, 0.2) is 40.9 Å². The van der Waals surface area contributed by atoms with Gasteiger partial charge in [-0.2, -0.15) is 5.06 Å². The molecule has 1 heterocycles. The molecule has 1 aliphatic rings. The Bertz CT molecular complexity index is 694. The van der Waals surface area contributed by atoms with Gasteiger partial charge in [0.25, 0.3) is 0 Å². The van der Waals surface area contributed by atoms with Crippen LogP contribution in [-0.2, 0) is 4.84 Å². The molecule has 0 amide bonds. The molecule has 4 atom stereocenters. The third-order valence-corrected chi connectivity index (χ3v) is 5.58. The van der Waals surface area contributed by atoms with Crippen molar-refractivity contribution in [1.29, 1.82) is 0 Å². The molecule has 23 heavy (non-hydrogen) atoms. The summed E-state index contributed by atoms with van der Waals surface area (Å²) in [5.74, 6) is -0.749. The minimum atomic E-state index is -1.26. The molecule has 0 spiro atoms. The van der Waals surface area contributed by atoms with Crippen molar-refractivity contribution < 1.29 is 13.6 Å². The van der Waals surface area contributed by atoms with E-state index < -0.39 is 24.3 Å². The van der Waals surface area contributed by atoms with Gasteiger partial charge in [0, 0.05) is 16.9 Å². The van der Waals surface area contributed by atoms with Crippen LogP contribution in [0.25, 0.3) is 10.8 Å². The quantitative estimate of drug-likeness (QED) is 0.719. The minimum absolute atomic E-state index is 0.286. The van der Waals surface area contributed by atoms with E-state index in [0.717, 1.165) is 20.8 Å². The average Bonchev–Trinajstić information content (AvgIpc) is 2.55. The molecule has 3 rings (SSSR count). The van der Waals surface area contributed by atoms with Gasteiger partial charge in [-0.3, -0.25) is 0 Å². The lowest BCUT2D eigenvalue weighted by molar-refractivity contribution is -0.209. The van der Waals surface area contributed by atoms with Crippen LogP contribution in [0, 0.1) is 5.92 Å². The first kappa shape index (κ1) is 16.8. The van der Waals surface area contributed by atoms with Gasteiger partial charge in [-0.1, -0.05) is 36.4 Å². The molecule has 0 aliphatic carbocycles. The average molecular weight is 384 g/mol. The van der Waals surface area contributed by atoms with Crippen molar-refractivity contribution in [3.05, 3.63) is 46.4 Å². The molecule has 5 heteroatoms. The lowest BCUT2D eigenvalue weighted by atomic mass is 9.81. The van der Waals surface area contributed by atoms with Crippen LogP contribution in [0.1, 0.15) is 24.9 Å². The van der Waals surface area contributed by atoms with E-state index in [-0.39, 0.29) is 6.42 Å². The Balaban J connectivity index is 2.13. The normalized spacial score (nSPS) is 27.3. The van der Waals surface area contributed by atoms with Gasteiger partial charge in [0.15, 0.2) is 0 Å². The highest BCUT2D eigenvalue weighted by Crippen LogP contribution is 2.44. The molecule has 0 saturated carbocycles. The number of rotatable bonds is 3. The second-order valence-corrected chi connectivity index (χ2v) is 6.81. The first-order chi connectivity index (χ1) is 11.0. The zero-order valence-electron chi connectivity index (χ0n) is 13.2. The highest BCUT2D eigenvalue weighted by atomic mass is 79.9. The Morgan fingerprint density at radius 3 is 2.70 bits per heavy atom. The van der Waals surface area contributed by atoms with Crippen molar-refractivity contribution in [3.8, 4) is 0 Å². The summed E-state index contributed by atoms with van der Waals surface area (Å²) in [7, 11) is 1.56. The number of halogens is 3. The third-order valence-electron chi connectivity index (χ3n) is 4.69. The summed E-state index contributed by atoms with van der Waals surface area (Å²) in [6.07, 6.45) is -2.15. The van der Waals surface area contributed by atoms with Crippen LogP contribution >= 0.6 is 15.9 Å². The Kier molecular flexibility index (Phi) is 4.99. The van der Waals surface area contributed by atoms with Crippen molar-refractivity contribution in [2.24, 2.45) is 5.92 Å². The molecule has 0 N–H and O–H groups in total.